The standard InChI is InChI=1S/C22H22N3O5PS/c1-17(23)32-15-18-9-8-14-21(25(26)27)22(18)24-16-31(28,29-19-10-4-2-5-11-19)30-20-12-6-3-7-13-20/h2-14,23-24H,15-16H2,1H3. The van der Waals surface area contributed by atoms with Crippen LogP contribution in [0.5, 0.6) is 11.5 Å². The van der Waals surface area contributed by atoms with Crippen LogP contribution in [0.15, 0.2) is 78.9 Å². The van der Waals surface area contributed by atoms with E-state index in [9.17, 15) is 14.7 Å². The average Bonchev–Trinajstić information content (AvgIpc) is 2.77. The van der Waals surface area contributed by atoms with Crippen LogP contribution >= 0.6 is 19.4 Å². The van der Waals surface area contributed by atoms with Crippen LogP contribution in [0.4, 0.5) is 11.4 Å². The summed E-state index contributed by atoms with van der Waals surface area (Å²) in [5.41, 5.74) is 0.679. The first-order valence-electron chi connectivity index (χ1n) is 9.63. The van der Waals surface area contributed by atoms with Gasteiger partial charge < -0.3 is 14.4 Å². The number of thioether (sulfide) groups is 1. The molecule has 0 heterocycles. The summed E-state index contributed by atoms with van der Waals surface area (Å²) < 4.78 is 25.1. The smallest absolute Gasteiger partial charge is 0.415 e. The van der Waals surface area contributed by atoms with E-state index in [1.54, 1.807) is 79.7 Å². The third kappa shape index (κ3) is 6.60. The molecule has 166 valence electrons. The lowest BCUT2D eigenvalue weighted by Crippen LogP contribution is -2.14. The first kappa shape index (κ1) is 23.4. The number of nitro benzene ring substituents is 1. The minimum Gasteiger partial charge on any atom is -0.415 e. The molecule has 0 fully saturated rings. The molecule has 3 aromatic rings. The highest BCUT2D eigenvalue weighted by atomic mass is 32.2. The summed E-state index contributed by atoms with van der Waals surface area (Å²) >= 11 is 1.25. The van der Waals surface area contributed by atoms with Gasteiger partial charge in [-0.15, -0.1) is 11.8 Å². The molecule has 0 radical (unpaired) electrons. The van der Waals surface area contributed by atoms with Crippen molar-refractivity contribution in [2.75, 3.05) is 11.6 Å². The van der Waals surface area contributed by atoms with Gasteiger partial charge in [-0.2, -0.15) is 0 Å². The maximum Gasteiger partial charge on any atom is 0.449 e. The predicted octanol–water partition coefficient (Wildman–Crippen LogP) is 6.55. The topological polar surface area (TPSA) is 115 Å². The fourth-order valence-corrected chi connectivity index (χ4v) is 4.81. The van der Waals surface area contributed by atoms with Gasteiger partial charge in [-0.1, -0.05) is 48.5 Å². The number of benzene rings is 3. The monoisotopic (exact) mass is 471 g/mol. The molecule has 0 aliphatic carbocycles. The van der Waals surface area contributed by atoms with Crippen LogP contribution in [0, 0.1) is 15.5 Å². The Balaban J connectivity index is 1.90. The van der Waals surface area contributed by atoms with E-state index in [4.69, 9.17) is 14.5 Å². The largest absolute Gasteiger partial charge is 0.449 e. The SMILES string of the molecule is CC(=N)SCc1cccc([N+](=O)[O-])c1NCP(=O)(Oc1ccccc1)Oc1ccccc1. The van der Waals surface area contributed by atoms with Crippen LogP contribution in [0.2, 0.25) is 0 Å². The van der Waals surface area contributed by atoms with Crippen molar-refractivity contribution in [2.24, 2.45) is 0 Å². The summed E-state index contributed by atoms with van der Waals surface area (Å²) in [4.78, 5) is 11.1. The van der Waals surface area contributed by atoms with Gasteiger partial charge in [0.05, 0.1) is 9.97 Å². The molecule has 0 unspecified atom stereocenters. The summed E-state index contributed by atoms with van der Waals surface area (Å²) in [5.74, 6) is 1.06. The van der Waals surface area contributed by atoms with Crippen molar-refractivity contribution in [1.82, 2.24) is 0 Å². The van der Waals surface area contributed by atoms with E-state index in [2.05, 4.69) is 5.32 Å². The minimum atomic E-state index is -3.82. The third-order valence-electron chi connectivity index (χ3n) is 4.19. The number of nitrogens with zero attached hydrogens (tertiary/aromatic N) is 1. The molecule has 10 heteroatoms. The second-order valence-electron chi connectivity index (χ2n) is 6.67. The number of nitro groups is 1. The van der Waals surface area contributed by atoms with E-state index in [-0.39, 0.29) is 17.7 Å². The second-order valence-corrected chi connectivity index (χ2v) is 9.76. The molecule has 0 spiro atoms. The van der Waals surface area contributed by atoms with Gasteiger partial charge in [0.25, 0.3) is 5.69 Å². The summed E-state index contributed by atoms with van der Waals surface area (Å²) in [6, 6.07) is 21.9. The van der Waals surface area contributed by atoms with E-state index in [0.717, 1.165) is 0 Å². The van der Waals surface area contributed by atoms with E-state index < -0.39 is 12.5 Å². The number of hydrogen-bond acceptors (Lipinski definition) is 8. The molecule has 0 aliphatic heterocycles. The van der Waals surface area contributed by atoms with Gasteiger partial charge in [-0.25, -0.2) is 4.57 Å². The molecule has 0 aromatic heterocycles. The van der Waals surface area contributed by atoms with Crippen LogP contribution in [0.25, 0.3) is 0 Å². The lowest BCUT2D eigenvalue weighted by molar-refractivity contribution is -0.384. The highest BCUT2D eigenvalue weighted by Gasteiger charge is 2.30. The van der Waals surface area contributed by atoms with E-state index in [0.29, 0.717) is 27.9 Å². The maximum atomic E-state index is 13.7. The molecule has 0 saturated carbocycles. The fraction of sp³-hybridized carbons (Fsp3) is 0.136. The molecule has 0 atom stereocenters. The highest BCUT2D eigenvalue weighted by Crippen LogP contribution is 2.49. The Morgan fingerprint density at radius 2 is 1.56 bits per heavy atom. The zero-order valence-corrected chi connectivity index (χ0v) is 19.0. The molecule has 2 N–H and O–H groups in total. The van der Waals surface area contributed by atoms with E-state index in [1.165, 1.54) is 17.8 Å². The lowest BCUT2D eigenvalue weighted by atomic mass is 10.1. The average molecular weight is 471 g/mol. The van der Waals surface area contributed by atoms with Crippen LogP contribution in [-0.4, -0.2) is 16.3 Å². The molecule has 3 aromatic carbocycles. The number of anilines is 1. The van der Waals surface area contributed by atoms with Gasteiger partial charge in [0.2, 0.25) is 0 Å². The first-order valence-corrected chi connectivity index (χ1v) is 12.3. The van der Waals surface area contributed by atoms with Crippen molar-refractivity contribution < 1.29 is 18.5 Å². The molecule has 0 saturated heterocycles. The number of nitrogens with one attached hydrogen (secondary N) is 2. The molecular formula is C22H22N3O5PS. The molecule has 0 aliphatic rings. The summed E-state index contributed by atoms with van der Waals surface area (Å²) in [7, 11) is -3.82. The quantitative estimate of drug-likeness (QED) is 0.113. The molecule has 32 heavy (non-hydrogen) atoms. The van der Waals surface area contributed by atoms with Gasteiger partial charge in [-0.3, -0.25) is 15.5 Å². The zero-order chi connectivity index (χ0) is 23.0. The second kappa shape index (κ2) is 10.8. The van der Waals surface area contributed by atoms with Crippen LogP contribution in [-0.2, 0) is 10.3 Å². The first-order chi connectivity index (χ1) is 15.4. The van der Waals surface area contributed by atoms with Gasteiger partial charge in [0, 0.05) is 11.8 Å². The van der Waals surface area contributed by atoms with Crippen molar-refractivity contribution >= 4 is 35.8 Å². The van der Waals surface area contributed by atoms with E-state index in [1.807, 2.05) is 0 Å². The van der Waals surface area contributed by atoms with Gasteiger partial charge in [-0.05, 0) is 36.8 Å². The number of hydrogen-bond donors (Lipinski definition) is 2. The molecule has 8 nitrogen and oxygen atoms in total. The summed E-state index contributed by atoms with van der Waals surface area (Å²) in [5, 5.41) is 22.5. The van der Waals surface area contributed by atoms with Crippen molar-refractivity contribution in [2.45, 2.75) is 12.7 Å². The van der Waals surface area contributed by atoms with Crippen molar-refractivity contribution in [3.8, 4) is 11.5 Å². The normalized spacial score (nSPS) is 10.9. The van der Waals surface area contributed by atoms with Crippen molar-refractivity contribution in [3.05, 3.63) is 94.5 Å². The Morgan fingerprint density at radius 3 is 2.06 bits per heavy atom. The number of para-hydroxylation sites is 3. The molecule has 0 amide bonds. The van der Waals surface area contributed by atoms with Crippen LogP contribution < -0.4 is 14.4 Å². The van der Waals surface area contributed by atoms with Gasteiger partial charge in [0.15, 0.2) is 0 Å². The summed E-state index contributed by atoms with van der Waals surface area (Å²) in [6.07, 6.45) is -0.303. The van der Waals surface area contributed by atoms with Gasteiger partial charge in [0.1, 0.15) is 23.5 Å². The Bertz CT molecular complexity index is 1080. The fourth-order valence-electron chi connectivity index (χ4n) is 2.79. The van der Waals surface area contributed by atoms with E-state index >= 15 is 0 Å². The van der Waals surface area contributed by atoms with Crippen molar-refractivity contribution in [1.29, 1.82) is 5.41 Å². The van der Waals surface area contributed by atoms with Crippen LogP contribution in [0.1, 0.15) is 12.5 Å². The maximum absolute atomic E-state index is 13.7. The van der Waals surface area contributed by atoms with Crippen molar-refractivity contribution in [3.63, 3.8) is 0 Å². The molecule has 3 rings (SSSR count). The summed E-state index contributed by atoms with van der Waals surface area (Å²) in [6.45, 7) is 1.64. The lowest BCUT2D eigenvalue weighted by Gasteiger charge is -2.21. The third-order valence-corrected chi connectivity index (χ3v) is 6.61. The molecular weight excluding hydrogens is 449 g/mol. The Morgan fingerprint density at radius 1 is 1.00 bits per heavy atom. The van der Waals surface area contributed by atoms with Crippen LogP contribution in [0.3, 0.4) is 0 Å². The Hall–Kier alpha value is -3.29. The zero-order valence-electron chi connectivity index (χ0n) is 17.3. The van der Waals surface area contributed by atoms with Gasteiger partial charge >= 0.3 is 7.60 Å². The Labute approximate surface area is 190 Å². The number of rotatable bonds is 10. The predicted molar refractivity (Wildman–Crippen MR) is 128 cm³/mol. The molecule has 0 bridgehead atoms. The Kier molecular flexibility index (Phi) is 7.92. The minimum absolute atomic E-state index is 0.156. The highest BCUT2D eigenvalue weighted by molar-refractivity contribution is 8.13.